The van der Waals surface area contributed by atoms with Crippen LogP contribution in [0.15, 0.2) is 60.8 Å². The highest BCUT2D eigenvalue weighted by Gasteiger charge is 2.05. The predicted octanol–water partition coefficient (Wildman–Crippen LogP) is 4.79. The van der Waals surface area contributed by atoms with Crippen LogP contribution in [0, 0.1) is 0 Å². The molecule has 0 saturated heterocycles. The molecule has 0 saturated carbocycles. The molecule has 0 unspecified atom stereocenters. The van der Waals surface area contributed by atoms with Gasteiger partial charge >= 0.3 is 0 Å². The van der Waals surface area contributed by atoms with E-state index in [1.54, 1.807) is 37.5 Å². The van der Waals surface area contributed by atoms with Crippen LogP contribution in [-0.4, -0.2) is 17.9 Å². The van der Waals surface area contributed by atoms with Gasteiger partial charge in [-0.3, -0.25) is 9.78 Å². The summed E-state index contributed by atoms with van der Waals surface area (Å²) in [5, 5.41) is 1.30. The van der Waals surface area contributed by atoms with Crippen molar-refractivity contribution in [1.82, 2.24) is 4.98 Å². The summed E-state index contributed by atoms with van der Waals surface area (Å²) in [5.41, 5.74) is 1.75. The zero-order chi connectivity index (χ0) is 17.1. The third-order valence-electron chi connectivity index (χ3n) is 3.39. The lowest BCUT2D eigenvalue weighted by molar-refractivity contribution is 0.104. The monoisotopic (exact) mass is 324 g/mol. The molecule has 0 aliphatic carbocycles. The maximum atomic E-state index is 12.4. The number of fused-ring (bicyclic) bond motifs is 1. The minimum atomic E-state index is -0.273. The quantitative estimate of drug-likeness (QED) is 0.511. The first kappa shape index (κ1) is 14.0. The summed E-state index contributed by atoms with van der Waals surface area (Å²) in [6.07, 6.45) is 3.09. The summed E-state index contributed by atoms with van der Waals surface area (Å²) in [7, 11) is 1.60. The second kappa shape index (κ2) is 6.63. The number of hydrogen-bond acceptors (Lipinski definition) is 3. The van der Waals surface area contributed by atoms with Gasteiger partial charge in [0, 0.05) is 22.1 Å². The number of allylic oxidation sites excluding steroid dienone is 1. The molecule has 0 N–H and O–H groups in total. The standard InChI is InChI=1S/C19H14ClNO2/c1-23-17-6-2-13(3-7-17)4-9-19(22)15-10-14-11-16(20)5-8-18(14)21-12-15/h2-12H,1H3/b9-4+/i12D. The van der Waals surface area contributed by atoms with E-state index in [1.807, 2.05) is 24.3 Å². The molecule has 0 atom stereocenters. The summed E-state index contributed by atoms with van der Waals surface area (Å²) >= 11 is 5.97. The second-order valence-electron chi connectivity index (χ2n) is 4.96. The fourth-order valence-corrected chi connectivity index (χ4v) is 2.33. The summed E-state index contributed by atoms with van der Waals surface area (Å²) < 4.78 is 13.1. The van der Waals surface area contributed by atoms with Gasteiger partial charge in [-0.2, -0.15) is 0 Å². The molecule has 4 heteroatoms. The van der Waals surface area contributed by atoms with Crippen molar-refractivity contribution in [3.05, 3.63) is 76.9 Å². The topological polar surface area (TPSA) is 39.2 Å². The number of carbonyl (C=O) groups is 1. The fourth-order valence-electron chi connectivity index (χ4n) is 2.15. The Morgan fingerprint density at radius 2 is 2.00 bits per heavy atom. The van der Waals surface area contributed by atoms with Gasteiger partial charge in [0.25, 0.3) is 0 Å². The van der Waals surface area contributed by atoms with Crippen LogP contribution in [0.4, 0.5) is 0 Å². The lowest BCUT2D eigenvalue weighted by atomic mass is 10.1. The molecule has 3 rings (SSSR count). The summed E-state index contributed by atoms with van der Waals surface area (Å²) in [6.45, 7) is 0. The van der Waals surface area contributed by atoms with Crippen LogP contribution in [0.25, 0.3) is 17.0 Å². The number of carbonyl (C=O) groups excluding carboxylic acids is 1. The Hall–Kier alpha value is -2.65. The zero-order valence-electron chi connectivity index (χ0n) is 13.4. The molecule has 0 radical (unpaired) electrons. The van der Waals surface area contributed by atoms with Gasteiger partial charge in [-0.1, -0.05) is 29.8 Å². The van der Waals surface area contributed by atoms with Crippen molar-refractivity contribution in [2.75, 3.05) is 7.11 Å². The number of ether oxygens (including phenoxy) is 1. The fraction of sp³-hybridized carbons (Fsp3) is 0.0526. The number of pyridine rings is 1. The molecular formula is C19H14ClNO2. The molecule has 0 bridgehead atoms. The largest absolute Gasteiger partial charge is 0.497 e. The van der Waals surface area contributed by atoms with Crippen LogP contribution in [-0.2, 0) is 0 Å². The van der Waals surface area contributed by atoms with Crippen molar-refractivity contribution in [3.8, 4) is 5.75 Å². The van der Waals surface area contributed by atoms with Crippen molar-refractivity contribution >= 4 is 34.4 Å². The van der Waals surface area contributed by atoms with Crippen molar-refractivity contribution < 1.29 is 10.9 Å². The van der Waals surface area contributed by atoms with Crippen LogP contribution < -0.4 is 4.74 Å². The molecular weight excluding hydrogens is 310 g/mol. The first-order valence-electron chi connectivity index (χ1n) is 7.50. The Balaban J connectivity index is 1.89. The van der Waals surface area contributed by atoms with E-state index in [0.29, 0.717) is 10.5 Å². The molecule has 1 aromatic heterocycles. The highest BCUT2D eigenvalue weighted by molar-refractivity contribution is 6.31. The third kappa shape index (κ3) is 3.58. The van der Waals surface area contributed by atoms with Crippen molar-refractivity contribution in [3.63, 3.8) is 0 Å². The molecule has 0 spiro atoms. The normalized spacial score (nSPS) is 11.7. The molecule has 114 valence electrons. The van der Waals surface area contributed by atoms with Crippen molar-refractivity contribution in [2.24, 2.45) is 0 Å². The van der Waals surface area contributed by atoms with E-state index < -0.39 is 0 Å². The number of ketones is 1. The minimum Gasteiger partial charge on any atom is -0.497 e. The molecule has 2 aromatic carbocycles. The summed E-state index contributed by atoms with van der Waals surface area (Å²) in [5.74, 6) is 0.479. The van der Waals surface area contributed by atoms with E-state index in [2.05, 4.69) is 4.98 Å². The molecule has 3 aromatic rings. The first-order chi connectivity index (χ1) is 11.6. The number of rotatable bonds is 4. The SMILES string of the molecule is [2H]c1nc2ccc(Cl)cc2cc1C(=O)/C=C/c1ccc(OC)cc1. The van der Waals surface area contributed by atoms with Gasteiger partial charge in [0.15, 0.2) is 5.78 Å². The smallest absolute Gasteiger partial charge is 0.187 e. The molecule has 0 amide bonds. The van der Waals surface area contributed by atoms with Crippen LogP contribution >= 0.6 is 11.6 Å². The van der Waals surface area contributed by atoms with Crippen LogP contribution in [0.1, 0.15) is 17.3 Å². The van der Waals surface area contributed by atoms with Gasteiger partial charge in [0.05, 0.1) is 14.0 Å². The predicted molar refractivity (Wildman–Crippen MR) is 93.1 cm³/mol. The highest BCUT2D eigenvalue weighted by Crippen LogP contribution is 2.19. The summed E-state index contributed by atoms with van der Waals surface area (Å²) in [6, 6.07) is 14.2. The van der Waals surface area contributed by atoms with E-state index in [9.17, 15) is 4.79 Å². The molecule has 1 heterocycles. The van der Waals surface area contributed by atoms with Gasteiger partial charge in [-0.05, 0) is 48.0 Å². The van der Waals surface area contributed by atoms with Crippen molar-refractivity contribution in [1.29, 1.82) is 0 Å². The molecule has 0 aliphatic heterocycles. The number of aromatic nitrogens is 1. The number of nitrogens with zero attached hydrogens (tertiary/aromatic N) is 1. The molecule has 0 fully saturated rings. The van der Waals surface area contributed by atoms with Gasteiger partial charge in [0.1, 0.15) is 5.75 Å². The van der Waals surface area contributed by atoms with E-state index in [0.717, 1.165) is 16.7 Å². The minimum absolute atomic E-state index is 0.0470. The summed E-state index contributed by atoms with van der Waals surface area (Å²) in [4.78, 5) is 16.5. The third-order valence-corrected chi connectivity index (χ3v) is 3.63. The van der Waals surface area contributed by atoms with Crippen LogP contribution in [0.5, 0.6) is 5.75 Å². The Labute approximate surface area is 140 Å². The second-order valence-corrected chi connectivity index (χ2v) is 5.39. The van der Waals surface area contributed by atoms with Gasteiger partial charge < -0.3 is 4.74 Å². The van der Waals surface area contributed by atoms with Crippen molar-refractivity contribution in [2.45, 2.75) is 0 Å². The lowest BCUT2D eigenvalue weighted by Gasteiger charge is -2.01. The Morgan fingerprint density at radius 3 is 2.74 bits per heavy atom. The zero-order valence-corrected chi connectivity index (χ0v) is 13.2. The van der Waals surface area contributed by atoms with E-state index in [-0.39, 0.29) is 17.5 Å². The van der Waals surface area contributed by atoms with E-state index in [1.165, 1.54) is 6.08 Å². The lowest BCUT2D eigenvalue weighted by Crippen LogP contribution is -1.95. The number of benzene rings is 2. The number of methoxy groups -OCH3 is 1. The first-order valence-corrected chi connectivity index (χ1v) is 7.38. The van der Waals surface area contributed by atoms with E-state index in [4.69, 9.17) is 17.7 Å². The van der Waals surface area contributed by atoms with Gasteiger partial charge in [-0.15, -0.1) is 0 Å². The molecule has 3 nitrogen and oxygen atoms in total. The Bertz CT molecular complexity index is 936. The Morgan fingerprint density at radius 1 is 1.22 bits per heavy atom. The number of hydrogen-bond donors (Lipinski definition) is 0. The highest BCUT2D eigenvalue weighted by atomic mass is 35.5. The maximum absolute atomic E-state index is 12.4. The molecule has 23 heavy (non-hydrogen) atoms. The maximum Gasteiger partial charge on any atom is 0.187 e. The van der Waals surface area contributed by atoms with Gasteiger partial charge in [0.2, 0.25) is 0 Å². The Kier molecular flexibility index (Phi) is 4.03. The molecule has 0 aliphatic rings. The average Bonchev–Trinajstić information content (AvgIpc) is 2.60. The average molecular weight is 325 g/mol. The van der Waals surface area contributed by atoms with Gasteiger partial charge in [-0.25, -0.2) is 0 Å². The number of halogens is 1. The van der Waals surface area contributed by atoms with Crippen LogP contribution in [0.2, 0.25) is 5.02 Å². The van der Waals surface area contributed by atoms with Crippen LogP contribution in [0.3, 0.4) is 0 Å². The van der Waals surface area contributed by atoms with E-state index >= 15 is 0 Å².